The Bertz CT molecular complexity index is 114. The smallest absolute Gasteiger partial charge is 0.211 e. The van der Waals surface area contributed by atoms with Crippen molar-refractivity contribution in [3.63, 3.8) is 0 Å². The van der Waals surface area contributed by atoms with Gasteiger partial charge in [-0.3, -0.25) is 0 Å². The van der Waals surface area contributed by atoms with Gasteiger partial charge in [0.15, 0.2) is 0 Å². The Kier molecular flexibility index (Phi) is 6.42. The summed E-state index contributed by atoms with van der Waals surface area (Å²) in [5.41, 5.74) is 0. The van der Waals surface area contributed by atoms with Gasteiger partial charge in [-0.2, -0.15) is 0 Å². The number of allylic oxidation sites excluding steroid dienone is 1. The normalized spacial score (nSPS) is 8.00. The lowest BCUT2D eigenvalue weighted by molar-refractivity contribution is 0.562. The molecule has 0 saturated heterocycles. The lowest BCUT2D eigenvalue weighted by Crippen LogP contribution is -1.78. The van der Waals surface area contributed by atoms with Crippen LogP contribution in [0.3, 0.4) is 0 Å². The third-order valence-corrected chi connectivity index (χ3v) is 0.993. The van der Waals surface area contributed by atoms with Gasteiger partial charge in [0.25, 0.3) is 0 Å². The zero-order valence-electron chi connectivity index (χ0n) is 5.47. The molecule has 0 aliphatic rings. The summed E-state index contributed by atoms with van der Waals surface area (Å²) in [6, 6.07) is 0. The van der Waals surface area contributed by atoms with E-state index in [4.69, 9.17) is 0 Å². The molecule has 50 valence electrons. The number of hydrogen-bond donors (Lipinski definition) is 0. The summed E-state index contributed by atoms with van der Waals surface area (Å²) in [6.07, 6.45) is 6.39. The molecular formula is C7H11NO. The number of isocyanates is 1. The maximum atomic E-state index is 9.53. The zero-order chi connectivity index (χ0) is 6.95. The molecule has 0 aromatic carbocycles. The van der Waals surface area contributed by atoms with Crippen LogP contribution in [0.1, 0.15) is 19.3 Å². The van der Waals surface area contributed by atoms with Crippen molar-refractivity contribution >= 4 is 6.08 Å². The summed E-state index contributed by atoms with van der Waals surface area (Å²) in [4.78, 5) is 12.9. The molecule has 0 aromatic heterocycles. The van der Waals surface area contributed by atoms with Crippen molar-refractivity contribution in [2.45, 2.75) is 19.3 Å². The topological polar surface area (TPSA) is 29.4 Å². The molecule has 0 bridgehead atoms. The minimum Gasteiger partial charge on any atom is -0.211 e. The largest absolute Gasteiger partial charge is 0.234 e. The van der Waals surface area contributed by atoms with Gasteiger partial charge in [0, 0.05) is 0 Å². The van der Waals surface area contributed by atoms with Crippen LogP contribution in [0, 0.1) is 0 Å². The lowest BCUT2D eigenvalue weighted by atomic mass is 10.2. The van der Waals surface area contributed by atoms with Crippen molar-refractivity contribution < 1.29 is 4.79 Å². The first-order chi connectivity index (χ1) is 4.41. The highest BCUT2D eigenvalue weighted by Crippen LogP contribution is 1.94. The number of nitrogens with zero attached hydrogens (tertiary/aromatic N) is 1. The quantitative estimate of drug-likeness (QED) is 0.238. The van der Waals surface area contributed by atoms with Crippen LogP contribution in [0.15, 0.2) is 17.6 Å². The molecule has 0 aromatic rings. The van der Waals surface area contributed by atoms with E-state index in [9.17, 15) is 4.79 Å². The van der Waals surface area contributed by atoms with Crippen LogP contribution in [0.25, 0.3) is 0 Å². The number of carbonyl (C=O) groups excluding carboxylic acids is 1. The van der Waals surface area contributed by atoms with Gasteiger partial charge in [0.1, 0.15) is 0 Å². The minimum absolute atomic E-state index is 0.608. The van der Waals surface area contributed by atoms with E-state index in [0.29, 0.717) is 6.54 Å². The molecule has 0 amide bonds. The summed E-state index contributed by atoms with van der Waals surface area (Å²) in [6.45, 7) is 4.18. The highest BCUT2D eigenvalue weighted by molar-refractivity contribution is 5.32. The number of unbranched alkanes of at least 4 members (excludes halogenated alkanes) is 2. The van der Waals surface area contributed by atoms with E-state index in [1.54, 1.807) is 0 Å². The van der Waals surface area contributed by atoms with Crippen LogP contribution in [0.5, 0.6) is 0 Å². The summed E-state index contributed by atoms with van der Waals surface area (Å²) < 4.78 is 0. The van der Waals surface area contributed by atoms with E-state index >= 15 is 0 Å². The molecule has 0 rings (SSSR count). The molecule has 0 atom stereocenters. The Morgan fingerprint density at radius 1 is 1.56 bits per heavy atom. The summed E-state index contributed by atoms with van der Waals surface area (Å²) in [7, 11) is 0. The molecule has 0 unspecified atom stereocenters. The summed E-state index contributed by atoms with van der Waals surface area (Å²) in [5, 5.41) is 0. The van der Waals surface area contributed by atoms with Gasteiger partial charge in [-0.1, -0.05) is 6.08 Å². The first kappa shape index (κ1) is 8.12. The Morgan fingerprint density at radius 3 is 2.89 bits per heavy atom. The second kappa shape index (κ2) is 7.12. The fraction of sp³-hybridized carbons (Fsp3) is 0.571. The SMILES string of the molecule is C=CCCCCN=C=O. The van der Waals surface area contributed by atoms with Crippen molar-refractivity contribution in [2.75, 3.05) is 6.54 Å². The third kappa shape index (κ3) is 7.12. The van der Waals surface area contributed by atoms with E-state index in [2.05, 4.69) is 11.6 Å². The van der Waals surface area contributed by atoms with Gasteiger partial charge >= 0.3 is 0 Å². The first-order valence-corrected chi connectivity index (χ1v) is 3.06. The van der Waals surface area contributed by atoms with Crippen molar-refractivity contribution in [2.24, 2.45) is 4.99 Å². The lowest BCUT2D eigenvalue weighted by Gasteiger charge is -1.88. The second-order valence-electron chi connectivity index (χ2n) is 1.76. The van der Waals surface area contributed by atoms with E-state index < -0.39 is 0 Å². The van der Waals surface area contributed by atoms with Crippen LogP contribution in [0.2, 0.25) is 0 Å². The van der Waals surface area contributed by atoms with E-state index in [1.165, 1.54) is 6.08 Å². The predicted octanol–water partition coefficient (Wildman–Crippen LogP) is 1.68. The highest BCUT2D eigenvalue weighted by Gasteiger charge is 1.81. The average Bonchev–Trinajstić information content (AvgIpc) is 1.89. The van der Waals surface area contributed by atoms with Gasteiger partial charge < -0.3 is 0 Å². The minimum atomic E-state index is 0.608. The van der Waals surface area contributed by atoms with Gasteiger partial charge in [-0.25, -0.2) is 9.79 Å². The molecule has 9 heavy (non-hydrogen) atoms. The molecule has 0 fully saturated rings. The molecule has 0 aliphatic heterocycles. The maximum Gasteiger partial charge on any atom is 0.234 e. The second-order valence-corrected chi connectivity index (χ2v) is 1.76. The monoisotopic (exact) mass is 125 g/mol. The summed E-state index contributed by atoms with van der Waals surface area (Å²) in [5.74, 6) is 0. The van der Waals surface area contributed by atoms with Crippen molar-refractivity contribution in [3.05, 3.63) is 12.7 Å². The molecule has 2 nitrogen and oxygen atoms in total. The van der Waals surface area contributed by atoms with Crippen molar-refractivity contribution in [3.8, 4) is 0 Å². The predicted molar refractivity (Wildman–Crippen MR) is 37.0 cm³/mol. The van der Waals surface area contributed by atoms with Gasteiger partial charge in [-0.05, 0) is 19.3 Å². The fourth-order valence-corrected chi connectivity index (χ4v) is 0.525. The van der Waals surface area contributed by atoms with Gasteiger partial charge in [0.2, 0.25) is 6.08 Å². The van der Waals surface area contributed by atoms with Crippen molar-refractivity contribution in [1.29, 1.82) is 0 Å². The highest BCUT2D eigenvalue weighted by atomic mass is 16.1. The molecule has 0 spiro atoms. The number of hydrogen-bond acceptors (Lipinski definition) is 2. The maximum absolute atomic E-state index is 9.53. The van der Waals surface area contributed by atoms with E-state index in [1.807, 2.05) is 6.08 Å². The van der Waals surface area contributed by atoms with E-state index in [0.717, 1.165) is 19.3 Å². The Morgan fingerprint density at radius 2 is 2.33 bits per heavy atom. The van der Waals surface area contributed by atoms with Crippen LogP contribution in [-0.2, 0) is 4.79 Å². The van der Waals surface area contributed by atoms with Crippen LogP contribution in [0.4, 0.5) is 0 Å². The third-order valence-electron chi connectivity index (χ3n) is 0.993. The molecular weight excluding hydrogens is 114 g/mol. The molecule has 0 radical (unpaired) electrons. The Labute approximate surface area is 55.3 Å². The van der Waals surface area contributed by atoms with Gasteiger partial charge in [0.05, 0.1) is 6.54 Å². The average molecular weight is 125 g/mol. The van der Waals surface area contributed by atoms with Crippen molar-refractivity contribution in [1.82, 2.24) is 0 Å². The Hall–Kier alpha value is -0.880. The zero-order valence-corrected chi connectivity index (χ0v) is 5.47. The Balaban J connectivity index is 2.90. The van der Waals surface area contributed by atoms with Crippen LogP contribution in [-0.4, -0.2) is 12.6 Å². The number of aliphatic imine (C=N–C) groups is 1. The fourth-order valence-electron chi connectivity index (χ4n) is 0.525. The van der Waals surface area contributed by atoms with Crippen LogP contribution < -0.4 is 0 Å². The standard InChI is InChI=1S/C7H11NO/c1-2-3-4-5-6-8-7-9/h2H,1,3-6H2. The first-order valence-electron chi connectivity index (χ1n) is 3.06. The molecule has 0 N–H and O–H groups in total. The molecule has 2 heteroatoms. The summed E-state index contributed by atoms with van der Waals surface area (Å²) >= 11 is 0. The molecule has 0 heterocycles. The molecule has 0 aliphatic carbocycles. The van der Waals surface area contributed by atoms with Crippen LogP contribution >= 0.6 is 0 Å². The molecule has 0 saturated carbocycles. The number of rotatable bonds is 5. The van der Waals surface area contributed by atoms with Gasteiger partial charge in [-0.15, -0.1) is 6.58 Å². The van der Waals surface area contributed by atoms with E-state index in [-0.39, 0.29) is 0 Å².